The van der Waals surface area contributed by atoms with Crippen LogP contribution in [0.2, 0.25) is 0 Å². The predicted molar refractivity (Wildman–Crippen MR) is 151 cm³/mol. The van der Waals surface area contributed by atoms with Gasteiger partial charge in [-0.2, -0.15) is 0 Å². The van der Waals surface area contributed by atoms with E-state index >= 15 is 0 Å². The van der Waals surface area contributed by atoms with Gasteiger partial charge in [0.2, 0.25) is 0 Å². The van der Waals surface area contributed by atoms with Crippen LogP contribution in [0.5, 0.6) is 5.75 Å². The molecule has 0 amide bonds. The topological polar surface area (TPSA) is 113 Å². The van der Waals surface area contributed by atoms with E-state index in [9.17, 15) is 19.7 Å². The normalized spacial score (nSPS) is 14.8. The molecule has 0 aliphatic carbocycles. The fourth-order valence-electron chi connectivity index (χ4n) is 4.55. The summed E-state index contributed by atoms with van der Waals surface area (Å²) in [7, 11) is 1.33. The third-order valence-corrected chi connectivity index (χ3v) is 7.45. The van der Waals surface area contributed by atoms with E-state index in [0.29, 0.717) is 38.3 Å². The monoisotopic (exact) mass is 555 g/mol. The molecule has 0 N–H and O–H groups in total. The summed E-state index contributed by atoms with van der Waals surface area (Å²) < 4.78 is 12.9. The summed E-state index contributed by atoms with van der Waals surface area (Å²) in [6, 6.07) is 22.2. The smallest absolute Gasteiger partial charge is 0.338 e. The van der Waals surface area contributed by atoms with Crippen LogP contribution in [0.3, 0.4) is 0 Å². The quantitative estimate of drug-likeness (QED) is 0.182. The lowest BCUT2D eigenvalue weighted by molar-refractivity contribution is -0.384. The van der Waals surface area contributed by atoms with Crippen molar-refractivity contribution in [2.24, 2.45) is 4.99 Å². The molecule has 2 heterocycles. The van der Waals surface area contributed by atoms with Crippen LogP contribution in [0, 0.1) is 10.1 Å². The first-order valence-electron chi connectivity index (χ1n) is 12.5. The summed E-state index contributed by atoms with van der Waals surface area (Å²) in [5, 5.41) is 11.0. The minimum absolute atomic E-state index is 0.0113. The second kappa shape index (κ2) is 11.5. The first kappa shape index (κ1) is 26.8. The molecule has 202 valence electrons. The molecule has 5 rings (SSSR count). The van der Waals surface area contributed by atoms with Gasteiger partial charge in [-0.05, 0) is 41.3 Å². The Hall–Kier alpha value is -4.83. The number of fused-ring (bicyclic) bond motifs is 1. The number of allylic oxidation sites excluding steroid dienone is 1. The zero-order valence-corrected chi connectivity index (χ0v) is 22.6. The van der Waals surface area contributed by atoms with Gasteiger partial charge in [0.25, 0.3) is 11.2 Å². The highest BCUT2D eigenvalue weighted by molar-refractivity contribution is 7.07. The molecule has 1 aliphatic rings. The van der Waals surface area contributed by atoms with Crippen molar-refractivity contribution in [1.82, 2.24) is 4.57 Å². The van der Waals surface area contributed by atoms with Crippen LogP contribution < -0.4 is 19.6 Å². The predicted octanol–water partition coefficient (Wildman–Crippen LogP) is 4.29. The summed E-state index contributed by atoms with van der Waals surface area (Å²) in [5.74, 6) is 0.0777. The molecule has 40 heavy (non-hydrogen) atoms. The van der Waals surface area contributed by atoms with Gasteiger partial charge >= 0.3 is 5.97 Å². The van der Waals surface area contributed by atoms with Crippen LogP contribution in [0.4, 0.5) is 5.69 Å². The number of carbonyl (C=O) groups is 1. The molecule has 10 heteroatoms. The van der Waals surface area contributed by atoms with Crippen molar-refractivity contribution >= 4 is 29.1 Å². The van der Waals surface area contributed by atoms with Gasteiger partial charge in [0.05, 0.1) is 33.9 Å². The molecule has 1 atom stereocenters. The highest BCUT2D eigenvalue weighted by Gasteiger charge is 2.33. The number of nitro benzene ring substituents is 1. The minimum Gasteiger partial charge on any atom is -0.489 e. The fraction of sp³-hybridized carbons (Fsp3) is 0.167. The molecule has 0 radical (unpaired) electrons. The van der Waals surface area contributed by atoms with Crippen molar-refractivity contribution in [2.75, 3.05) is 7.11 Å². The third kappa shape index (κ3) is 5.34. The highest BCUT2D eigenvalue weighted by atomic mass is 32.1. The number of nitro groups is 1. The molecule has 0 bridgehead atoms. The number of hydrogen-bond donors (Lipinski definition) is 0. The van der Waals surface area contributed by atoms with E-state index in [2.05, 4.69) is 4.99 Å². The summed E-state index contributed by atoms with van der Waals surface area (Å²) in [5.41, 5.74) is 2.98. The number of non-ortho nitro benzene ring substituents is 1. The maximum Gasteiger partial charge on any atom is 0.338 e. The molecule has 0 saturated heterocycles. The summed E-state index contributed by atoms with van der Waals surface area (Å²) >= 11 is 1.27. The Balaban J connectivity index is 1.47. The van der Waals surface area contributed by atoms with Crippen LogP contribution >= 0.6 is 11.3 Å². The number of benzene rings is 3. The first-order chi connectivity index (χ1) is 19.4. The molecular formula is C30H25N3O6S. The van der Waals surface area contributed by atoms with E-state index in [1.807, 2.05) is 49.4 Å². The number of nitrogens with zero attached hydrogens (tertiary/aromatic N) is 3. The molecule has 0 unspecified atom stereocenters. The number of thiazole rings is 1. The summed E-state index contributed by atoms with van der Waals surface area (Å²) in [6.07, 6.45) is 2.29. The molecule has 0 saturated carbocycles. The van der Waals surface area contributed by atoms with Crippen molar-refractivity contribution in [3.05, 3.63) is 137 Å². The Morgan fingerprint density at radius 1 is 1.10 bits per heavy atom. The number of ether oxygens (including phenoxy) is 2. The zero-order chi connectivity index (χ0) is 28.2. The van der Waals surface area contributed by atoms with E-state index in [-0.39, 0.29) is 17.9 Å². The number of aromatic nitrogens is 1. The highest BCUT2D eigenvalue weighted by Crippen LogP contribution is 2.31. The standard InChI is InChI=1S/C30H25N3O6S/c1-3-24-26(29(35)38-2)27(21-9-5-4-6-10-21)32-28(34)25(40-30(32)31-24)17-19-12-14-23(15-13-19)39-18-20-8-7-11-22(16-20)33(36)37/h4-17,27H,3,18H2,1-2H3/b25-17-/t27-/m1/s1. The minimum atomic E-state index is -0.647. The molecule has 0 spiro atoms. The number of esters is 1. The number of methoxy groups -OCH3 is 1. The maximum absolute atomic E-state index is 13.7. The SMILES string of the molecule is CCC1=C(C(=O)OC)[C@@H](c2ccccc2)n2c(s/c(=C\c3ccc(OCc4cccc([N+](=O)[O-])c4)cc3)c2=O)=N1. The van der Waals surface area contributed by atoms with Crippen molar-refractivity contribution < 1.29 is 19.2 Å². The molecule has 0 fully saturated rings. The Morgan fingerprint density at radius 3 is 2.52 bits per heavy atom. The van der Waals surface area contributed by atoms with Crippen LogP contribution in [-0.4, -0.2) is 22.6 Å². The Labute approximate surface area is 233 Å². The van der Waals surface area contributed by atoms with E-state index in [1.165, 1.54) is 30.6 Å². The number of carbonyl (C=O) groups excluding carboxylic acids is 1. The van der Waals surface area contributed by atoms with E-state index < -0.39 is 16.9 Å². The van der Waals surface area contributed by atoms with Gasteiger partial charge < -0.3 is 9.47 Å². The Bertz CT molecular complexity index is 1790. The average Bonchev–Trinajstić information content (AvgIpc) is 3.30. The largest absolute Gasteiger partial charge is 0.489 e. The fourth-order valence-corrected chi connectivity index (χ4v) is 5.57. The second-order valence-corrected chi connectivity index (χ2v) is 9.99. The average molecular weight is 556 g/mol. The molecule has 4 aromatic rings. The second-order valence-electron chi connectivity index (χ2n) is 8.98. The molecule has 1 aromatic heterocycles. The van der Waals surface area contributed by atoms with Gasteiger partial charge in [-0.25, -0.2) is 9.79 Å². The summed E-state index contributed by atoms with van der Waals surface area (Å²) in [4.78, 5) is 42.3. The van der Waals surface area contributed by atoms with Gasteiger partial charge in [0, 0.05) is 12.1 Å². The Kier molecular flexibility index (Phi) is 7.70. The van der Waals surface area contributed by atoms with Crippen LogP contribution in [0.15, 0.2) is 99.9 Å². The molecule has 9 nitrogen and oxygen atoms in total. The van der Waals surface area contributed by atoms with Gasteiger partial charge in [-0.3, -0.25) is 19.5 Å². The van der Waals surface area contributed by atoms with Crippen molar-refractivity contribution in [2.45, 2.75) is 26.0 Å². The first-order valence-corrected chi connectivity index (χ1v) is 13.4. The van der Waals surface area contributed by atoms with E-state index in [4.69, 9.17) is 9.47 Å². The maximum atomic E-state index is 13.7. The van der Waals surface area contributed by atoms with Crippen LogP contribution in [0.1, 0.15) is 36.1 Å². The lowest BCUT2D eigenvalue weighted by atomic mass is 9.95. The van der Waals surface area contributed by atoms with Gasteiger partial charge in [0.15, 0.2) is 4.80 Å². The van der Waals surface area contributed by atoms with Crippen molar-refractivity contribution in [3.8, 4) is 5.75 Å². The van der Waals surface area contributed by atoms with E-state index in [1.54, 1.807) is 34.9 Å². The summed E-state index contributed by atoms with van der Waals surface area (Å²) in [6.45, 7) is 2.10. The molecule has 3 aromatic carbocycles. The molecular weight excluding hydrogens is 530 g/mol. The van der Waals surface area contributed by atoms with E-state index in [0.717, 1.165) is 11.1 Å². The van der Waals surface area contributed by atoms with Crippen molar-refractivity contribution in [1.29, 1.82) is 0 Å². The number of rotatable bonds is 8. The number of hydrogen-bond acceptors (Lipinski definition) is 8. The zero-order valence-electron chi connectivity index (χ0n) is 21.8. The van der Waals surface area contributed by atoms with Gasteiger partial charge in [-0.1, -0.05) is 72.9 Å². The van der Waals surface area contributed by atoms with Crippen LogP contribution in [-0.2, 0) is 16.1 Å². The van der Waals surface area contributed by atoms with Gasteiger partial charge in [0.1, 0.15) is 12.4 Å². The lowest BCUT2D eigenvalue weighted by Gasteiger charge is -2.25. The van der Waals surface area contributed by atoms with Crippen molar-refractivity contribution in [3.63, 3.8) is 0 Å². The molecule has 1 aliphatic heterocycles. The Morgan fingerprint density at radius 2 is 1.85 bits per heavy atom. The lowest BCUT2D eigenvalue weighted by Crippen LogP contribution is -2.40. The third-order valence-electron chi connectivity index (χ3n) is 6.47. The van der Waals surface area contributed by atoms with Crippen LogP contribution in [0.25, 0.3) is 6.08 Å². The van der Waals surface area contributed by atoms with Gasteiger partial charge in [-0.15, -0.1) is 0 Å².